The Morgan fingerprint density at radius 2 is 1.81 bits per heavy atom. The van der Waals surface area contributed by atoms with E-state index >= 15 is 0 Å². The number of ether oxygens (including phenoxy) is 2. The minimum Gasteiger partial charge on any atom is -0.496 e. The third kappa shape index (κ3) is 3.50. The Bertz CT molecular complexity index is 641. The van der Waals surface area contributed by atoms with E-state index in [1.165, 1.54) is 5.56 Å². The largest absolute Gasteiger partial charge is 0.496 e. The summed E-state index contributed by atoms with van der Waals surface area (Å²) in [6, 6.07) is 10.2. The van der Waals surface area contributed by atoms with Gasteiger partial charge in [0.2, 0.25) is 0 Å². The van der Waals surface area contributed by atoms with E-state index < -0.39 is 0 Å². The van der Waals surface area contributed by atoms with Gasteiger partial charge in [0, 0.05) is 27.8 Å². The normalized spacial score (nSPS) is 10.3. The Morgan fingerprint density at radius 1 is 1.05 bits per heavy atom. The quantitative estimate of drug-likeness (QED) is 0.848. The average molecular weight is 350 g/mol. The van der Waals surface area contributed by atoms with Crippen molar-refractivity contribution in [2.24, 2.45) is 0 Å². The highest BCUT2D eigenvalue weighted by Gasteiger charge is 2.11. The number of halogens is 1. The Hall–Kier alpha value is -1.68. The summed E-state index contributed by atoms with van der Waals surface area (Å²) in [5.74, 6) is 1.71. The summed E-state index contributed by atoms with van der Waals surface area (Å²) in [6.45, 7) is 4.80. The number of methoxy groups -OCH3 is 2. The fourth-order valence-corrected chi connectivity index (χ4v) is 2.87. The summed E-state index contributed by atoms with van der Waals surface area (Å²) in [6.07, 6.45) is 0. The summed E-state index contributed by atoms with van der Waals surface area (Å²) >= 11 is 3.48. The van der Waals surface area contributed by atoms with Crippen LogP contribution in [0.3, 0.4) is 0 Å². The first-order valence-electron chi connectivity index (χ1n) is 6.77. The molecule has 4 heteroatoms. The molecule has 0 aliphatic heterocycles. The predicted molar refractivity (Wildman–Crippen MR) is 90.5 cm³/mol. The summed E-state index contributed by atoms with van der Waals surface area (Å²) in [5.41, 5.74) is 4.45. The molecule has 0 aliphatic rings. The van der Waals surface area contributed by atoms with Gasteiger partial charge in [-0.25, -0.2) is 0 Å². The highest BCUT2D eigenvalue weighted by molar-refractivity contribution is 9.10. The molecule has 2 aromatic rings. The maximum absolute atomic E-state index is 5.53. The van der Waals surface area contributed by atoms with Gasteiger partial charge in [0.25, 0.3) is 0 Å². The molecule has 1 N–H and O–H groups in total. The minimum atomic E-state index is 0.705. The fourth-order valence-electron chi connectivity index (χ4n) is 2.39. The number of aryl methyl sites for hydroxylation is 1. The van der Waals surface area contributed by atoms with Gasteiger partial charge >= 0.3 is 0 Å². The molecule has 2 aromatic carbocycles. The van der Waals surface area contributed by atoms with Gasteiger partial charge in [0.15, 0.2) is 0 Å². The van der Waals surface area contributed by atoms with Crippen LogP contribution >= 0.6 is 15.9 Å². The molecular formula is C17H20BrNO2. The molecule has 0 heterocycles. The first-order chi connectivity index (χ1) is 10.1. The molecule has 0 unspecified atom stereocenters. The monoisotopic (exact) mass is 349 g/mol. The van der Waals surface area contributed by atoms with Gasteiger partial charge < -0.3 is 14.8 Å². The lowest BCUT2D eigenvalue weighted by atomic mass is 10.1. The highest BCUT2D eigenvalue weighted by atomic mass is 79.9. The van der Waals surface area contributed by atoms with E-state index in [0.29, 0.717) is 6.54 Å². The van der Waals surface area contributed by atoms with Crippen LogP contribution in [0.4, 0.5) is 5.69 Å². The number of nitrogens with one attached hydrogen (secondary N) is 1. The molecule has 112 valence electrons. The molecule has 0 radical (unpaired) electrons. The molecule has 2 rings (SSSR count). The number of rotatable bonds is 5. The number of anilines is 1. The predicted octanol–water partition coefficient (Wildman–Crippen LogP) is 4.70. The summed E-state index contributed by atoms with van der Waals surface area (Å²) in [4.78, 5) is 0. The molecule has 0 spiro atoms. The average Bonchev–Trinajstić information content (AvgIpc) is 2.46. The van der Waals surface area contributed by atoms with E-state index in [2.05, 4.69) is 40.3 Å². The Balaban J connectivity index is 2.22. The van der Waals surface area contributed by atoms with Crippen LogP contribution in [0.5, 0.6) is 11.5 Å². The summed E-state index contributed by atoms with van der Waals surface area (Å²) in [5, 5.41) is 3.45. The van der Waals surface area contributed by atoms with Gasteiger partial charge in [-0.3, -0.25) is 0 Å². The number of hydrogen-bond donors (Lipinski definition) is 1. The van der Waals surface area contributed by atoms with Crippen molar-refractivity contribution < 1.29 is 9.47 Å². The molecule has 0 saturated heterocycles. The zero-order valence-corrected chi connectivity index (χ0v) is 14.4. The van der Waals surface area contributed by atoms with Gasteiger partial charge in [0.05, 0.1) is 14.2 Å². The zero-order valence-electron chi connectivity index (χ0n) is 12.8. The maximum atomic E-state index is 5.53. The van der Waals surface area contributed by atoms with E-state index in [0.717, 1.165) is 32.8 Å². The second-order valence-electron chi connectivity index (χ2n) is 4.90. The third-order valence-electron chi connectivity index (χ3n) is 3.52. The Kier molecular flexibility index (Phi) is 5.12. The van der Waals surface area contributed by atoms with Crippen LogP contribution in [0.1, 0.15) is 16.7 Å². The smallest absolute Gasteiger partial charge is 0.130 e. The van der Waals surface area contributed by atoms with Crippen molar-refractivity contribution in [3.8, 4) is 11.5 Å². The minimum absolute atomic E-state index is 0.705. The lowest BCUT2D eigenvalue weighted by Crippen LogP contribution is -2.04. The lowest BCUT2D eigenvalue weighted by Gasteiger charge is -2.16. The van der Waals surface area contributed by atoms with E-state index in [9.17, 15) is 0 Å². The van der Waals surface area contributed by atoms with Crippen LogP contribution in [-0.4, -0.2) is 14.2 Å². The second kappa shape index (κ2) is 6.85. The van der Waals surface area contributed by atoms with Crippen molar-refractivity contribution in [2.75, 3.05) is 19.5 Å². The molecule has 0 fully saturated rings. The molecule has 21 heavy (non-hydrogen) atoms. The zero-order chi connectivity index (χ0) is 15.4. The van der Waals surface area contributed by atoms with Crippen molar-refractivity contribution in [1.82, 2.24) is 0 Å². The van der Waals surface area contributed by atoms with Crippen molar-refractivity contribution in [3.05, 3.63) is 51.5 Å². The molecular weight excluding hydrogens is 330 g/mol. The summed E-state index contributed by atoms with van der Waals surface area (Å²) in [7, 11) is 3.36. The van der Waals surface area contributed by atoms with Crippen LogP contribution in [0.25, 0.3) is 0 Å². The Labute approximate surface area is 134 Å². The Morgan fingerprint density at radius 3 is 2.43 bits per heavy atom. The van der Waals surface area contributed by atoms with Crippen molar-refractivity contribution in [2.45, 2.75) is 20.4 Å². The van der Waals surface area contributed by atoms with Gasteiger partial charge in [-0.1, -0.05) is 15.9 Å². The number of benzene rings is 2. The van der Waals surface area contributed by atoms with Gasteiger partial charge in [-0.2, -0.15) is 0 Å². The van der Waals surface area contributed by atoms with Crippen molar-refractivity contribution in [3.63, 3.8) is 0 Å². The molecule has 3 nitrogen and oxygen atoms in total. The first kappa shape index (κ1) is 15.7. The maximum Gasteiger partial charge on any atom is 0.130 e. The van der Waals surface area contributed by atoms with Crippen LogP contribution < -0.4 is 14.8 Å². The van der Waals surface area contributed by atoms with Gasteiger partial charge in [-0.05, 0) is 49.7 Å². The molecule has 0 aromatic heterocycles. The van der Waals surface area contributed by atoms with E-state index in [-0.39, 0.29) is 0 Å². The first-order valence-corrected chi connectivity index (χ1v) is 7.56. The van der Waals surface area contributed by atoms with E-state index in [4.69, 9.17) is 9.47 Å². The van der Waals surface area contributed by atoms with Gasteiger partial charge in [-0.15, -0.1) is 0 Å². The standard InChI is InChI=1S/C17H20BrNO2/c1-11-9-14(18)6-7-15(11)19-10-13-5-8-16(20-3)12(2)17(13)21-4/h5-9,19H,10H2,1-4H3. The molecule has 0 saturated carbocycles. The van der Waals surface area contributed by atoms with Crippen molar-refractivity contribution in [1.29, 1.82) is 0 Å². The van der Waals surface area contributed by atoms with E-state index in [1.807, 2.05) is 25.1 Å². The SMILES string of the molecule is COc1ccc(CNc2ccc(Br)cc2C)c(OC)c1C. The lowest BCUT2D eigenvalue weighted by molar-refractivity contribution is 0.386. The molecule has 0 bridgehead atoms. The third-order valence-corrected chi connectivity index (χ3v) is 4.01. The van der Waals surface area contributed by atoms with Crippen LogP contribution in [0.15, 0.2) is 34.8 Å². The van der Waals surface area contributed by atoms with Crippen molar-refractivity contribution >= 4 is 21.6 Å². The fraction of sp³-hybridized carbons (Fsp3) is 0.294. The van der Waals surface area contributed by atoms with Crippen LogP contribution in [0.2, 0.25) is 0 Å². The molecule has 0 amide bonds. The highest BCUT2D eigenvalue weighted by Crippen LogP contribution is 2.32. The molecule has 0 atom stereocenters. The van der Waals surface area contributed by atoms with E-state index in [1.54, 1.807) is 14.2 Å². The van der Waals surface area contributed by atoms with Crippen LogP contribution in [-0.2, 0) is 6.54 Å². The second-order valence-corrected chi connectivity index (χ2v) is 5.81. The summed E-state index contributed by atoms with van der Waals surface area (Å²) < 4.78 is 11.9. The number of hydrogen-bond acceptors (Lipinski definition) is 3. The molecule has 0 aliphatic carbocycles. The topological polar surface area (TPSA) is 30.5 Å². The van der Waals surface area contributed by atoms with Gasteiger partial charge in [0.1, 0.15) is 11.5 Å². The van der Waals surface area contributed by atoms with Crippen LogP contribution in [0, 0.1) is 13.8 Å².